The summed E-state index contributed by atoms with van der Waals surface area (Å²) in [5.41, 5.74) is 1.23. The molecule has 2 amide bonds. The van der Waals surface area contributed by atoms with Gasteiger partial charge in [0.25, 0.3) is 5.91 Å². The summed E-state index contributed by atoms with van der Waals surface area (Å²) in [7, 11) is 1.63. The van der Waals surface area contributed by atoms with Gasteiger partial charge in [-0.1, -0.05) is 0 Å². The summed E-state index contributed by atoms with van der Waals surface area (Å²) in [6.07, 6.45) is 0. The summed E-state index contributed by atoms with van der Waals surface area (Å²) >= 11 is 0. The third-order valence-electron chi connectivity index (χ3n) is 3.18. The van der Waals surface area contributed by atoms with Crippen molar-refractivity contribution in [1.29, 1.82) is 0 Å². The lowest BCUT2D eigenvalue weighted by atomic mass is 10.1. The van der Waals surface area contributed by atoms with E-state index in [4.69, 9.17) is 5.84 Å². The molecule has 1 aliphatic rings. The van der Waals surface area contributed by atoms with Crippen LogP contribution < -0.4 is 11.3 Å². The predicted molar refractivity (Wildman–Crippen MR) is 67.7 cm³/mol. The van der Waals surface area contributed by atoms with Gasteiger partial charge in [-0.25, -0.2) is 8.78 Å². The number of hydrogen-bond donors (Lipinski definition) is 2. The first-order valence-corrected chi connectivity index (χ1v) is 5.93. The van der Waals surface area contributed by atoms with Crippen molar-refractivity contribution in [2.45, 2.75) is 0 Å². The Kier molecular flexibility index (Phi) is 3.84. The van der Waals surface area contributed by atoms with Crippen LogP contribution in [0.25, 0.3) is 0 Å². The largest absolute Gasteiger partial charge is 0.342 e. The maximum absolute atomic E-state index is 13.5. The van der Waals surface area contributed by atoms with Gasteiger partial charge < -0.3 is 15.2 Å². The van der Waals surface area contributed by atoms with Crippen molar-refractivity contribution in [1.82, 2.24) is 9.80 Å². The molecule has 8 heteroatoms. The highest BCUT2D eigenvalue weighted by Gasteiger charge is 2.26. The predicted octanol–water partition coefficient (Wildman–Crippen LogP) is 0.165. The third kappa shape index (κ3) is 2.55. The van der Waals surface area contributed by atoms with Crippen LogP contribution in [0.1, 0.15) is 10.4 Å². The quantitative estimate of drug-likeness (QED) is 0.599. The molecule has 6 nitrogen and oxygen atoms in total. The molecule has 1 fully saturated rings. The lowest BCUT2D eigenvalue weighted by molar-refractivity contribution is -0.133. The van der Waals surface area contributed by atoms with E-state index in [1.54, 1.807) is 7.05 Å². The van der Waals surface area contributed by atoms with Gasteiger partial charge >= 0.3 is 0 Å². The molecule has 0 atom stereocenters. The number of benzene rings is 1. The van der Waals surface area contributed by atoms with Crippen LogP contribution in [0.2, 0.25) is 0 Å². The molecular weight excluding hydrogens is 270 g/mol. The maximum atomic E-state index is 13.5. The minimum absolute atomic E-state index is 0.102. The zero-order valence-electron chi connectivity index (χ0n) is 10.8. The Morgan fingerprint density at radius 3 is 2.40 bits per heavy atom. The van der Waals surface area contributed by atoms with E-state index in [0.29, 0.717) is 13.1 Å². The number of nitrogens with one attached hydrogen (secondary N) is 1. The third-order valence-corrected chi connectivity index (χ3v) is 3.18. The lowest BCUT2D eigenvalue weighted by Gasteiger charge is -2.32. The van der Waals surface area contributed by atoms with Crippen LogP contribution >= 0.6 is 0 Å². The Bertz CT molecular complexity index is 541. The second kappa shape index (κ2) is 5.41. The number of nitrogens with two attached hydrogens (primary N) is 1. The first-order chi connectivity index (χ1) is 9.43. The smallest absolute Gasteiger partial charge is 0.254 e. The number of carbonyl (C=O) groups excluding carboxylic acids is 2. The number of nitrogens with zero attached hydrogens (tertiary/aromatic N) is 2. The van der Waals surface area contributed by atoms with Crippen LogP contribution in [0.4, 0.5) is 14.5 Å². The van der Waals surface area contributed by atoms with Crippen molar-refractivity contribution in [3.63, 3.8) is 0 Å². The second-order valence-corrected chi connectivity index (χ2v) is 4.50. The molecule has 1 heterocycles. The molecule has 1 aromatic rings. The molecule has 2 rings (SSSR count). The van der Waals surface area contributed by atoms with Crippen LogP contribution in [0.5, 0.6) is 0 Å². The number of piperazine rings is 1. The number of anilines is 1. The first-order valence-electron chi connectivity index (χ1n) is 5.93. The Morgan fingerprint density at radius 2 is 1.90 bits per heavy atom. The molecule has 1 aliphatic heterocycles. The molecule has 0 bridgehead atoms. The van der Waals surface area contributed by atoms with E-state index < -0.39 is 23.2 Å². The first kappa shape index (κ1) is 14.2. The monoisotopic (exact) mass is 284 g/mol. The average molecular weight is 284 g/mol. The minimum Gasteiger partial charge on any atom is -0.342 e. The summed E-state index contributed by atoms with van der Waals surface area (Å²) in [6, 6.07) is 1.78. The molecular formula is C12H14F2N4O2. The molecule has 0 saturated carbocycles. The molecule has 20 heavy (non-hydrogen) atoms. The average Bonchev–Trinajstić information content (AvgIpc) is 2.40. The number of amides is 2. The fraction of sp³-hybridized carbons (Fsp3) is 0.333. The van der Waals surface area contributed by atoms with Crippen molar-refractivity contribution in [2.24, 2.45) is 5.84 Å². The van der Waals surface area contributed by atoms with Gasteiger partial charge in [0.2, 0.25) is 5.91 Å². The summed E-state index contributed by atoms with van der Waals surface area (Å²) in [6.45, 7) is 0.606. The van der Waals surface area contributed by atoms with Gasteiger partial charge in [-0.05, 0) is 12.1 Å². The van der Waals surface area contributed by atoms with Gasteiger partial charge in [-0.2, -0.15) is 0 Å². The minimum atomic E-state index is -0.962. The zero-order valence-corrected chi connectivity index (χ0v) is 10.8. The lowest BCUT2D eigenvalue weighted by Crippen LogP contribution is -2.50. The van der Waals surface area contributed by atoms with E-state index in [2.05, 4.69) is 0 Å². The van der Waals surface area contributed by atoms with E-state index in [1.807, 2.05) is 5.43 Å². The molecule has 1 aromatic carbocycles. The van der Waals surface area contributed by atoms with Crippen molar-refractivity contribution >= 4 is 17.5 Å². The number of nitrogen functional groups attached to an aromatic ring is 1. The molecule has 0 unspecified atom stereocenters. The highest BCUT2D eigenvalue weighted by molar-refractivity contribution is 5.97. The van der Waals surface area contributed by atoms with Crippen molar-refractivity contribution in [3.05, 3.63) is 29.3 Å². The van der Waals surface area contributed by atoms with Crippen LogP contribution in [-0.4, -0.2) is 48.3 Å². The standard InChI is InChI=1S/C12H14F2N4O2/c1-17-2-3-18(6-10(17)19)12(20)7-4-8(13)11(16-15)9(14)5-7/h4-5,16H,2-3,6,15H2,1H3. The molecule has 3 N–H and O–H groups in total. The molecule has 0 spiro atoms. The number of hydrogen-bond acceptors (Lipinski definition) is 4. The van der Waals surface area contributed by atoms with Crippen LogP contribution in [0, 0.1) is 11.6 Å². The van der Waals surface area contributed by atoms with Crippen molar-refractivity contribution < 1.29 is 18.4 Å². The van der Waals surface area contributed by atoms with Crippen molar-refractivity contribution in [3.8, 4) is 0 Å². The molecule has 0 aromatic heterocycles. The Balaban J connectivity index is 2.24. The van der Waals surface area contributed by atoms with E-state index in [1.165, 1.54) is 9.80 Å². The van der Waals surface area contributed by atoms with Crippen LogP contribution in [0.3, 0.4) is 0 Å². The van der Waals surface area contributed by atoms with Crippen LogP contribution in [-0.2, 0) is 4.79 Å². The second-order valence-electron chi connectivity index (χ2n) is 4.50. The van der Waals surface area contributed by atoms with Gasteiger partial charge in [-0.3, -0.25) is 15.4 Å². The maximum Gasteiger partial charge on any atom is 0.254 e. The van der Waals surface area contributed by atoms with Crippen molar-refractivity contribution in [2.75, 3.05) is 32.1 Å². The number of likely N-dealkylation sites (N-methyl/N-ethyl adjacent to an activating group) is 1. The van der Waals surface area contributed by atoms with Crippen LogP contribution in [0.15, 0.2) is 12.1 Å². The summed E-state index contributed by atoms with van der Waals surface area (Å²) in [5, 5.41) is 0. The van der Waals surface area contributed by atoms with Gasteiger partial charge in [-0.15, -0.1) is 0 Å². The summed E-state index contributed by atoms with van der Waals surface area (Å²) < 4.78 is 27.1. The van der Waals surface area contributed by atoms with Gasteiger partial charge in [0.1, 0.15) is 12.2 Å². The topological polar surface area (TPSA) is 78.7 Å². The Hall–Kier alpha value is -2.22. The van der Waals surface area contributed by atoms with E-state index in [0.717, 1.165) is 12.1 Å². The normalized spacial score (nSPS) is 15.5. The number of rotatable bonds is 2. The van der Waals surface area contributed by atoms with E-state index in [9.17, 15) is 18.4 Å². The highest BCUT2D eigenvalue weighted by atomic mass is 19.1. The van der Waals surface area contributed by atoms with Gasteiger partial charge in [0, 0.05) is 25.7 Å². The zero-order chi connectivity index (χ0) is 14.9. The van der Waals surface area contributed by atoms with Gasteiger partial charge in [0.15, 0.2) is 11.6 Å². The molecule has 0 aliphatic carbocycles. The number of carbonyl (C=O) groups is 2. The summed E-state index contributed by atoms with van der Waals surface area (Å²) in [4.78, 5) is 26.4. The Morgan fingerprint density at radius 1 is 1.30 bits per heavy atom. The molecule has 1 saturated heterocycles. The summed E-state index contributed by atoms with van der Waals surface area (Å²) in [5.74, 6) is 2.25. The van der Waals surface area contributed by atoms with E-state index in [-0.39, 0.29) is 18.0 Å². The Labute approximate surface area is 114 Å². The van der Waals surface area contributed by atoms with Gasteiger partial charge in [0.05, 0.1) is 0 Å². The number of hydrazine groups is 1. The molecule has 0 radical (unpaired) electrons. The highest BCUT2D eigenvalue weighted by Crippen LogP contribution is 2.21. The number of halogens is 2. The SMILES string of the molecule is CN1CCN(C(=O)c2cc(F)c(NN)c(F)c2)CC1=O. The fourth-order valence-electron chi connectivity index (χ4n) is 1.95. The fourth-order valence-corrected chi connectivity index (χ4v) is 1.95. The molecule has 108 valence electrons. The van der Waals surface area contributed by atoms with E-state index >= 15 is 0 Å².